The summed E-state index contributed by atoms with van der Waals surface area (Å²) in [4.78, 5) is 24.3. The molecule has 2 unspecified atom stereocenters. The molecule has 0 saturated carbocycles. The van der Waals surface area contributed by atoms with Gasteiger partial charge in [0.15, 0.2) is 0 Å². The van der Waals surface area contributed by atoms with E-state index in [9.17, 15) is 18.4 Å². The maximum atomic E-state index is 13.1. The van der Waals surface area contributed by atoms with E-state index in [2.05, 4.69) is 0 Å². The number of hydrogen-bond acceptors (Lipinski definition) is 3. The minimum atomic E-state index is -1.07. The summed E-state index contributed by atoms with van der Waals surface area (Å²) in [6.45, 7) is 0.0894. The molecule has 1 heterocycles. The van der Waals surface area contributed by atoms with Crippen LogP contribution in [0, 0.1) is 17.6 Å². The Kier molecular flexibility index (Phi) is 3.99. The Morgan fingerprint density at radius 2 is 1.85 bits per heavy atom. The van der Waals surface area contributed by atoms with Gasteiger partial charge in [-0.2, -0.15) is 0 Å². The zero-order valence-electron chi connectivity index (χ0n) is 10.7. The third kappa shape index (κ3) is 2.77. The van der Waals surface area contributed by atoms with Crippen molar-refractivity contribution < 1.29 is 28.2 Å². The first-order valence-electron chi connectivity index (χ1n) is 5.94. The summed E-state index contributed by atoms with van der Waals surface area (Å²) in [5, 5.41) is 9.04. The molecule has 0 radical (unpaired) electrons. The summed E-state index contributed by atoms with van der Waals surface area (Å²) in [7, 11) is 1.39. The lowest BCUT2D eigenvalue weighted by Crippen LogP contribution is -2.44. The Labute approximate surface area is 113 Å². The number of nitrogens with zero attached hydrogens (tertiary/aromatic N) is 1. The quantitative estimate of drug-likeness (QED) is 0.904. The molecule has 1 N–H and O–H groups in total. The van der Waals surface area contributed by atoms with Gasteiger partial charge in [-0.15, -0.1) is 0 Å². The van der Waals surface area contributed by atoms with Crippen molar-refractivity contribution in [2.45, 2.75) is 6.04 Å². The Morgan fingerprint density at radius 3 is 2.40 bits per heavy atom. The van der Waals surface area contributed by atoms with Gasteiger partial charge in [0.1, 0.15) is 17.6 Å². The van der Waals surface area contributed by atoms with Gasteiger partial charge >= 0.3 is 5.97 Å². The summed E-state index contributed by atoms with van der Waals surface area (Å²) in [5.74, 6) is -4.29. The fourth-order valence-electron chi connectivity index (χ4n) is 2.19. The largest absolute Gasteiger partial charge is 0.481 e. The van der Waals surface area contributed by atoms with Crippen LogP contribution in [-0.2, 0) is 9.53 Å². The van der Waals surface area contributed by atoms with E-state index < -0.39 is 35.5 Å². The van der Waals surface area contributed by atoms with E-state index in [-0.39, 0.29) is 18.8 Å². The van der Waals surface area contributed by atoms with Crippen molar-refractivity contribution in [1.82, 2.24) is 4.90 Å². The number of hydrogen-bond donors (Lipinski definition) is 1. The number of benzene rings is 1. The number of carbonyl (C=O) groups is 2. The van der Waals surface area contributed by atoms with Gasteiger partial charge in [-0.05, 0) is 12.1 Å². The number of carbonyl (C=O) groups excluding carboxylic acids is 1. The van der Waals surface area contributed by atoms with Crippen molar-refractivity contribution in [1.29, 1.82) is 0 Å². The fourth-order valence-corrected chi connectivity index (χ4v) is 2.19. The maximum absolute atomic E-state index is 13.1. The molecule has 2 rings (SSSR count). The molecule has 0 spiro atoms. The molecular weight excluding hydrogens is 272 g/mol. The first-order valence-corrected chi connectivity index (χ1v) is 5.94. The van der Waals surface area contributed by atoms with Crippen molar-refractivity contribution in [2.75, 3.05) is 20.3 Å². The van der Waals surface area contributed by atoms with Crippen molar-refractivity contribution >= 4 is 11.9 Å². The highest BCUT2D eigenvalue weighted by atomic mass is 19.1. The van der Waals surface area contributed by atoms with Crippen molar-refractivity contribution in [2.24, 2.45) is 5.92 Å². The van der Waals surface area contributed by atoms with Gasteiger partial charge in [-0.25, -0.2) is 8.78 Å². The fraction of sp³-hybridized carbons (Fsp3) is 0.385. The first-order chi connectivity index (χ1) is 9.40. The smallest absolute Gasteiger partial charge is 0.311 e. The molecule has 1 aromatic carbocycles. The topological polar surface area (TPSA) is 66.8 Å². The molecule has 1 amide bonds. The summed E-state index contributed by atoms with van der Waals surface area (Å²) >= 11 is 0. The zero-order chi connectivity index (χ0) is 14.9. The number of aliphatic carboxylic acids is 1. The normalized spacial score (nSPS) is 21.8. The Bertz CT molecular complexity index is 529. The van der Waals surface area contributed by atoms with E-state index in [1.54, 1.807) is 0 Å². The van der Waals surface area contributed by atoms with Crippen LogP contribution < -0.4 is 0 Å². The van der Waals surface area contributed by atoms with Crippen LogP contribution in [0.25, 0.3) is 0 Å². The molecule has 0 bridgehead atoms. The van der Waals surface area contributed by atoms with Crippen LogP contribution in [0.1, 0.15) is 10.4 Å². The molecule has 108 valence electrons. The van der Waals surface area contributed by atoms with Gasteiger partial charge in [0.05, 0.1) is 19.3 Å². The van der Waals surface area contributed by atoms with Crippen molar-refractivity contribution in [3.05, 3.63) is 35.4 Å². The van der Waals surface area contributed by atoms with Crippen LogP contribution in [-0.4, -0.2) is 48.2 Å². The molecule has 7 heteroatoms. The van der Waals surface area contributed by atoms with E-state index in [0.29, 0.717) is 6.07 Å². The summed E-state index contributed by atoms with van der Waals surface area (Å²) in [6.07, 6.45) is 0. The number of halogens is 2. The number of likely N-dealkylation sites (N-methyl/N-ethyl adjacent to an activating group) is 1. The zero-order valence-corrected chi connectivity index (χ0v) is 10.7. The number of carboxylic acid groups (broad SMARTS) is 1. The highest BCUT2D eigenvalue weighted by molar-refractivity contribution is 5.94. The van der Waals surface area contributed by atoms with E-state index in [1.807, 2.05) is 0 Å². The summed E-state index contributed by atoms with van der Waals surface area (Å²) in [5.41, 5.74) is -0.166. The highest BCUT2D eigenvalue weighted by Crippen LogP contribution is 2.21. The summed E-state index contributed by atoms with van der Waals surface area (Å²) in [6, 6.07) is 1.82. The van der Waals surface area contributed by atoms with Gasteiger partial charge in [0, 0.05) is 18.7 Å². The van der Waals surface area contributed by atoms with Gasteiger partial charge < -0.3 is 14.7 Å². The highest BCUT2D eigenvalue weighted by Gasteiger charge is 2.38. The van der Waals surface area contributed by atoms with E-state index >= 15 is 0 Å². The molecule has 1 aliphatic heterocycles. The third-order valence-electron chi connectivity index (χ3n) is 3.30. The van der Waals surface area contributed by atoms with Crippen LogP contribution in [0.3, 0.4) is 0 Å². The Hall–Kier alpha value is -2.02. The predicted molar refractivity (Wildman–Crippen MR) is 64.2 cm³/mol. The van der Waals surface area contributed by atoms with E-state index in [0.717, 1.165) is 17.0 Å². The average molecular weight is 285 g/mol. The number of amides is 1. The van der Waals surface area contributed by atoms with Gasteiger partial charge in [-0.3, -0.25) is 9.59 Å². The second-order valence-electron chi connectivity index (χ2n) is 4.62. The second-order valence-corrected chi connectivity index (χ2v) is 4.62. The Balaban J connectivity index is 2.22. The lowest BCUT2D eigenvalue weighted by molar-refractivity contribution is -0.142. The molecule has 1 saturated heterocycles. The molecule has 1 fully saturated rings. The average Bonchev–Trinajstić information content (AvgIpc) is 2.85. The minimum Gasteiger partial charge on any atom is -0.481 e. The summed E-state index contributed by atoms with van der Waals surface area (Å²) < 4.78 is 31.3. The van der Waals surface area contributed by atoms with Crippen LogP contribution in [0.2, 0.25) is 0 Å². The van der Waals surface area contributed by atoms with Crippen LogP contribution in [0.15, 0.2) is 18.2 Å². The predicted octanol–water partition coefficient (Wildman–Crippen LogP) is 1.14. The Morgan fingerprint density at radius 1 is 1.25 bits per heavy atom. The molecular formula is C13H13F2NO4. The van der Waals surface area contributed by atoms with Crippen molar-refractivity contribution in [3.63, 3.8) is 0 Å². The molecule has 20 heavy (non-hydrogen) atoms. The van der Waals surface area contributed by atoms with Crippen LogP contribution in [0.4, 0.5) is 8.78 Å². The monoisotopic (exact) mass is 285 g/mol. The van der Waals surface area contributed by atoms with E-state index in [1.165, 1.54) is 7.05 Å². The molecule has 5 nitrogen and oxygen atoms in total. The van der Waals surface area contributed by atoms with Gasteiger partial charge in [0.25, 0.3) is 5.91 Å². The first kappa shape index (κ1) is 14.4. The minimum absolute atomic E-state index is 0.00906. The van der Waals surface area contributed by atoms with Crippen LogP contribution in [0.5, 0.6) is 0 Å². The maximum Gasteiger partial charge on any atom is 0.311 e. The number of ether oxygens (including phenoxy) is 1. The lowest BCUT2D eigenvalue weighted by atomic mass is 10.0. The number of rotatable bonds is 3. The standard InChI is InChI=1S/C13H13F2NO4/c1-16(11-6-20-5-10(11)13(18)19)12(17)7-2-8(14)4-9(15)3-7/h2-4,10-11H,5-6H2,1H3,(H,18,19). The van der Waals surface area contributed by atoms with Crippen LogP contribution >= 0.6 is 0 Å². The molecule has 2 atom stereocenters. The molecule has 1 aliphatic rings. The van der Waals surface area contributed by atoms with Gasteiger partial charge in [0.2, 0.25) is 0 Å². The number of carboxylic acids is 1. The van der Waals surface area contributed by atoms with E-state index in [4.69, 9.17) is 9.84 Å². The molecule has 0 aromatic heterocycles. The van der Waals surface area contributed by atoms with Crippen molar-refractivity contribution in [3.8, 4) is 0 Å². The second kappa shape index (κ2) is 5.54. The molecule has 0 aliphatic carbocycles. The third-order valence-corrected chi connectivity index (χ3v) is 3.30. The lowest BCUT2D eigenvalue weighted by Gasteiger charge is -2.26. The molecule has 1 aromatic rings. The van der Waals surface area contributed by atoms with Gasteiger partial charge in [-0.1, -0.05) is 0 Å². The SMILES string of the molecule is CN(C(=O)c1cc(F)cc(F)c1)C1COCC1C(=O)O.